The van der Waals surface area contributed by atoms with Gasteiger partial charge in [-0.05, 0) is 31.4 Å². The second kappa shape index (κ2) is 13.7. The molecular formula is C19H31IN4O2. The van der Waals surface area contributed by atoms with Crippen LogP contribution in [0.5, 0.6) is 0 Å². The van der Waals surface area contributed by atoms with Gasteiger partial charge in [-0.2, -0.15) is 0 Å². The van der Waals surface area contributed by atoms with Crippen LogP contribution < -0.4 is 10.6 Å². The summed E-state index contributed by atoms with van der Waals surface area (Å²) in [6.45, 7) is 7.52. The molecule has 0 aromatic carbocycles. The Morgan fingerprint density at radius 2 is 2.23 bits per heavy atom. The summed E-state index contributed by atoms with van der Waals surface area (Å²) in [6.07, 6.45) is 9.19. The Morgan fingerprint density at radius 3 is 3.00 bits per heavy atom. The van der Waals surface area contributed by atoms with Gasteiger partial charge in [0.25, 0.3) is 0 Å². The van der Waals surface area contributed by atoms with Crippen molar-refractivity contribution in [3.8, 4) is 0 Å². The topological polar surface area (TPSA) is 69.9 Å². The molecule has 1 aromatic heterocycles. The number of carbonyl (C=O) groups excluding carboxylic acids is 1. The largest absolute Gasteiger partial charge is 0.469 e. The first kappa shape index (κ1) is 22.5. The molecule has 0 atom stereocenters. The third-order valence-corrected chi connectivity index (χ3v) is 4.19. The lowest BCUT2D eigenvalue weighted by atomic mass is 10.2. The first-order valence-electron chi connectivity index (χ1n) is 9.23. The second-order valence-electron chi connectivity index (χ2n) is 6.20. The van der Waals surface area contributed by atoms with E-state index in [0.29, 0.717) is 25.4 Å². The summed E-state index contributed by atoms with van der Waals surface area (Å²) in [6, 6.07) is 3.86. The molecule has 1 aromatic rings. The number of rotatable bonds is 9. The summed E-state index contributed by atoms with van der Waals surface area (Å²) < 4.78 is 5.33. The van der Waals surface area contributed by atoms with Crippen LogP contribution in [0.25, 0.3) is 0 Å². The number of likely N-dealkylation sites (tertiary alicyclic amines) is 1. The summed E-state index contributed by atoms with van der Waals surface area (Å²) in [4.78, 5) is 18.6. The zero-order valence-electron chi connectivity index (χ0n) is 15.4. The number of amides is 1. The van der Waals surface area contributed by atoms with Crippen LogP contribution in [-0.4, -0.2) is 49.5 Å². The Morgan fingerprint density at radius 1 is 1.35 bits per heavy atom. The third kappa shape index (κ3) is 8.73. The van der Waals surface area contributed by atoms with E-state index in [-0.39, 0.29) is 24.0 Å². The minimum Gasteiger partial charge on any atom is -0.469 e. The van der Waals surface area contributed by atoms with Crippen molar-refractivity contribution in [2.75, 3.05) is 32.7 Å². The quantitative estimate of drug-likeness (QED) is 0.190. The number of halogens is 1. The molecule has 7 heteroatoms. The summed E-state index contributed by atoms with van der Waals surface area (Å²) in [5.41, 5.74) is 0. The smallest absolute Gasteiger partial charge is 0.222 e. The van der Waals surface area contributed by atoms with Gasteiger partial charge in [0.2, 0.25) is 5.91 Å². The molecule has 1 aliphatic rings. The number of furan rings is 1. The number of aliphatic imine (C=N–C) groups is 1. The van der Waals surface area contributed by atoms with E-state index >= 15 is 0 Å². The summed E-state index contributed by atoms with van der Waals surface area (Å²) in [5, 5.41) is 6.52. The molecule has 0 saturated carbocycles. The van der Waals surface area contributed by atoms with E-state index in [1.165, 1.54) is 0 Å². The van der Waals surface area contributed by atoms with Crippen LogP contribution in [0.2, 0.25) is 0 Å². The molecule has 1 saturated heterocycles. The van der Waals surface area contributed by atoms with E-state index < -0.39 is 0 Å². The minimum atomic E-state index is 0. The van der Waals surface area contributed by atoms with Crippen molar-refractivity contribution >= 4 is 35.8 Å². The number of nitrogens with one attached hydrogen (secondary N) is 2. The van der Waals surface area contributed by atoms with E-state index in [1.54, 1.807) is 12.3 Å². The van der Waals surface area contributed by atoms with Crippen LogP contribution in [0.4, 0.5) is 0 Å². The fraction of sp³-hybridized carbons (Fsp3) is 0.579. The molecular weight excluding hydrogens is 443 g/mol. The van der Waals surface area contributed by atoms with E-state index in [2.05, 4.69) is 22.2 Å². The van der Waals surface area contributed by atoms with E-state index in [4.69, 9.17) is 4.42 Å². The molecule has 1 amide bonds. The normalized spacial score (nSPS) is 15.2. The Kier molecular flexibility index (Phi) is 11.8. The summed E-state index contributed by atoms with van der Waals surface area (Å²) in [7, 11) is 0. The van der Waals surface area contributed by atoms with Gasteiger partial charge in [-0.1, -0.05) is 12.5 Å². The van der Waals surface area contributed by atoms with Crippen molar-refractivity contribution in [2.24, 2.45) is 4.99 Å². The lowest BCUT2D eigenvalue weighted by molar-refractivity contribution is -0.130. The van der Waals surface area contributed by atoms with E-state index in [9.17, 15) is 4.79 Å². The van der Waals surface area contributed by atoms with Crippen LogP contribution in [0.1, 0.15) is 37.9 Å². The van der Waals surface area contributed by atoms with Crippen LogP contribution in [0.15, 0.2) is 40.5 Å². The number of carbonyl (C=O) groups is 1. The predicted molar refractivity (Wildman–Crippen MR) is 116 cm³/mol. The van der Waals surface area contributed by atoms with Crippen LogP contribution in [-0.2, 0) is 11.2 Å². The fourth-order valence-electron chi connectivity index (χ4n) is 2.83. The zero-order chi connectivity index (χ0) is 17.7. The Labute approximate surface area is 173 Å². The van der Waals surface area contributed by atoms with Gasteiger partial charge in [0, 0.05) is 45.6 Å². The molecule has 0 unspecified atom stereocenters. The first-order valence-corrected chi connectivity index (χ1v) is 9.23. The summed E-state index contributed by atoms with van der Waals surface area (Å²) >= 11 is 0. The lowest BCUT2D eigenvalue weighted by Gasteiger charge is -2.20. The van der Waals surface area contributed by atoms with Crippen LogP contribution in [0, 0.1) is 0 Å². The SMILES string of the molecule is C=CCNC(=NCCCN1CCCCCC1=O)NCCc1ccco1.I. The highest BCUT2D eigenvalue weighted by atomic mass is 127. The number of nitrogens with zero attached hydrogens (tertiary/aromatic N) is 2. The second-order valence-corrected chi connectivity index (χ2v) is 6.20. The monoisotopic (exact) mass is 474 g/mol. The maximum atomic E-state index is 12.0. The van der Waals surface area contributed by atoms with Gasteiger partial charge in [0.1, 0.15) is 5.76 Å². The molecule has 0 bridgehead atoms. The highest BCUT2D eigenvalue weighted by Crippen LogP contribution is 2.11. The molecule has 26 heavy (non-hydrogen) atoms. The molecule has 1 aliphatic heterocycles. The maximum Gasteiger partial charge on any atom is 0.222 e. The zero-order valence-corrected chi connectivity index (χ0v) is 17.7. The molecule has 0 radical (unpaired) electrons. The molecule has 146 valence electrons. The highest BCUT2D eigenvalue weighted by Gasteiger charge is 2.15. The number of hydrogen-bond donors (Lipinski definition) is 2. The first-order chi connectivity index (χ1) is 12.3. The maximum absolute atomic E-state index is 12.0. The predicted octanol–water partition coefficient (Wildman–Crippen LogP) is 2.95. The average molecular weight is 474 g/mol. The molecule has 1 fully saturated rings. The molecule has 0 aliphatic carbocycles. The fourth-order valence-corrected chi connectivity index (χ4v) is 2.83. The standard InChI is InChI=1S/C19H30N4O2.HI/c1-2-11-20-19(22-13-10-17-8-6-16-25-17)21-12-7-15-23-14-5-3-4-9-18(23)24;/h2,6,8,16H,1,3-5,7,9-15H2,(H2,20,21,22);1H. The molecule has 2 heterocycles. The molecule has 0 spiro atoms. The number of hydrogen-bond acceptors (Lipinski definition) is 3. The van der Waals surface area contributed by atoms with Crippen molar-refractivity contribution in [2.45, 2.75) is 38.5 Å². The average Bonchev–Trinajstić information content (AvgIpc) is 3.05. The minimum absolute atomic E-state index is 0. The Bertz CT molecular complexity index is 546. The third-order valence-electron chi connectivity index (χ3n) is 4.19. The van der Waals surface area contributed by atoms with Crippen LogP contribution in [0.3, 0.4) is 0 Å². The van der Waals surface area contributed by atoms with Crippen molar-refractivity contribution in [1.82, 2.24) is 15.5 Å². The van der Waals surface area contributed by atoms with Crippen LogP contribution >= 0.6 is 24.0 Å². The van der Waals surface area contributed by atoms with E-state index in [1.807, 2.05) is 17.0 Å². The van der Waals surface area contributed by atoms with Gasteiger partial charge < -0.3 is 20.0 Å². The Balaban J connectivity index is 0.00000338. The lowest BCUT2D eigenvalue weighted by Crippen LogP contribution is -2.38. The molecule has 6 nitrogen and oxygen atoms in total. The van der Waals surface area contributed by atoms with Gasteiger partial charge in [-0.3, -0.25) is 9.79 Å². The van der Waals surface area contributed by atoms with Crippen molar-refractivity contribution in [1.29, 1.82) is 0 Å². The number of guanidine groups is 1. The summed E-state index contributed by atoms with van der Waals surface area (Å²) in [5.74, 6) is 2.02. The van der Waals surface area contributed by atoms with Crippen molar-refractivity contribution in [3.05, 3.63) is 36.8 Å². The van der Waals surface area contributed by atoms with Gasteiger partial charge in [-0.25, -0.2) is 0 Å². The Hall–Kier alpha value is -1.51. The highest BCUT2D eigenvalue weighted by molar-refractivity contribution is 14.0. The van der Waals surface area contributed by atoms with Gasteiger partial charge >= 0.3 is 0 Å². The molecule has 2 rings (SSSR count). The van der Waals surface area contributed by atoms with Crippen molar-refractivity contribution < 1.29 is 9.21 Å². The van der Waals surface area contributed by atoms with Gasteiger partial charge in [0.15, 0.2) is 5.96 Å². The van der Waals surface area contributed by atoms with E-state index in [0.717, 1.165) is 63.5 Å². The molecule has 2 N–H and O–H groups in total. The van der Waals surface area contributed by atoms with Gasteiger partial charge in [-0.15, -0.1) is 30.6 Å². The van der Waals surface area contributed by atoms with Crippen molar-refractivity contribution in [3.63, 3.8) is 0 Å². The van der Waals surface area contributed by atoms with Gasteiger partial charge in [0.05, 0.1) is 6.26 Å².